The molecule has 1 saturated heterocycles. The Bertz CT molecular complexity index is 1140. The molecule has 0 saturated carbocycles. The Balaban J connectivity index is 1.34. The largest absolute Gasteiger partial charge is 0.347 e. The smallest absolute Gasteiger partial charge is 0.271 e. The van der Waals surface area contributed by atoms with E-state index in [1.807, 2.05) is 30.5 Å². The van der Waals surface area contributed by atoms with Gasteiger partial charge in [-0.25, -0.2) is 9.37 Å². The summed E-state index contributed by atoms with van der Waals surface area (Å²) in [4.78, 5) is 32.7. The molecular weight excluding hydrogens is 481 g/mol. The van der Waals surface area contributed by atoms with E-state index in [0.717, 1.165) is 15.5 Å². The third kappa shape index (κ3) is 5.39. The van der Waals surface area contributed by atoms with E-state index in [0.29, 0.717) is 38.2 Å². The predicted octanol–water partition coefficient (Wildman–Crippen LogP) is 5.61. The lowest BCUT2D eigenvalue weighted by molar-refractivity contribution is 0.0708. The number of amides is 2. The van der Waals surface area contributed by atoms with Gasteiger partial charge in [0.15, 0.2) is 0 Å². The summed E-state index contributed by atoms with van der Waals surface area (Å²) >= 11 is 9.16. The molecule has 0 spiro atoms. The minimum absolute atomic E-state index is 0.0751. The van der Waals surface area contributed by atoms with Gasteiger partial charge in [-0.1, -0.05) is 35.9 Å². The van der Waals surface area contributed by atoms with Crippen LogP contribution in [0, 0.1) is 5.82 Å². The topological polar surface area (TPSA) is 62.3 Å². The van der Waals surface area contributed by atoms with Gasteiger partial charge in [0, 0.05) is 35.8 Å². The van der Waals surface area contributed by atoms with Crippen molar-refractivity contribution in [2.45, 2.75) is 30.2 Å². The molecule has 1 fully saturated rings. The van der Waals surface area contributed by atoms with Gasteiger partial charge in [-0.3, -0.25) is 9.59 Å². The van der Waals surface area contributed by atoms with Crippen LogP contribution in [0.3, 0.4) is 0 Å². The van der Waals surface area contributed by atoms with Gasteiger partial charge in [-0.15, -0.1) is 23.1 Å². The quantitative estimate of drug-likeness (QED) is 0.444. The van der Waals surface area contributed by atoms with E-state index in [2.05, 4.69) is 10.3 Å². The summed E-state index contributed by atoms with van der Waals surface area (Å²) in [6.45, 7) is 1.42. The number of hydrogen-bond acceptors (Lipinski definition) is 5. The summed E-state index contributed by atoms with van der Waals surface area (Å²) in [7, 11) is 0. The van der Waals surface area contributed by atoms with Crippen molar-refractivity contribution in [2.24, 2.45) is 0 Å². The zero-order valence-corrected chi connectivity index (χ0v) is 20.4. The van der Waals surface area contributed by atoms with E-state index in [1.165, 1.54) is 29.5 Å². The van der Waals surface area contributed by atoms with Crippen LogP contribution in [0.4, 0.5) is 4.39 Å². The summed E-state index contributed by atoms with van der Waals surface area (Å²) in [5, 5.41) is 5.74. The van der Waals surface area contributed by atoms with Crippen LogP contribution in [0.2, 0.25) is 5.02 Å². The molecule has 3 aromatic rings. The predicted molar refractivity (Wildman–Crippen MR) is 131 cm³/mol. The lowest BCUT2D eigenvalue weighted by Gasteiger charge is -2.31. The fourth-order valence-corrected chi connectivity index (χ4v) is 5.72. The van der Waals surface area contributed by atoms with Crippen LogP contribution in [0.25, 0.3) is 0 Å². The lowest BCUT2D eigenvalue weighted by atomic mass is 9.97. The average Bonchev–Trinajstić information content (AvgIpc) is 3.33. The first-order valence-corrected chi connectivity index (χ1v) is 13.0. The number of nitrogens with zero attached hydrogens (tertiary/aromatic N) is 2. The number of aromatic nitrogens is 1. The van der Waals surface area contributed by atoms with Gasteiger partial charge in [0.1, 0.15) is 11.5 Å². The summed E-state index contributed by atoms with van der Waals surface area (Å²) in [5.74, 6) is -1.03. The minimum atomic E-state index is -0.606. The van der Waals surface area contributed by atoms with Crippen molar-refractivity contribution in [2.75, 3.05) is 19.3 Å². The Morgan fingerprint density at radius 1 is 1.21 bits per heavy atom. The van der Waals surface area contributed by atoms with Gasteiger partial charge in [0.25, 0.3) is 11.8 Å². The number of hydrogen-bond donors (Lipinski definition) is 1. The first kappa shape index (κ1) is 23.7. The molecule has 1 aromatic heterocycles. The van der Waals surface area contributed by atoms with Crippen LogP contribution < -0.4 is 5.32 Å². The standard InChI is InChI=1S/C24H23ClFN3O2S2/c1-32-20-8-3-2-5-16(20)13-27-22(30)19-14-33-23(28-19)15-9-11-29(12-10-15)24(31)21-17(25)6-4-7-18(21)26/h2-8,14-15H,9-13H2,1H3,(H,27,30). The molecule has 9 heteroatoms. The molecule has 0 aliphatic carbocycles. The number of benzene rings is 2. The number of thiazole rings is 1. The number of nitrogens with one attached hydrogen (secondary N) is 1. The molecule has 4 rings (SSSR count). The Kier molecular flexibility index (Phi) is 7.67. The third-order valence-electron chi connectivity index (χ3n) is 5.69. The second-order valence-corrected chi connectivity index (χ2v) is 9.87. The molecule has 0 radical (unpaired) electrons. The average molecular weight is 504 g/mol. The molecule has 172 valence electrons. The number of halogens is 2. The van der Waals surface area contributed by atoms with Crippen LogP contribution in [0.15, 0.2) is 52.7 Å². The van der Waals surface area contributed by atoms with Gasteiger partial charge in [0.2, 0.25) is 0 Å². The van der Waals surface area contributed by atoms with Gasteiger partial charge in [-0.05, 0) is 42.9 Å². The van der Waals surface area contributed by atoms with Gasteiger partial charge in [-0.2, -0.15) is 0 Å². The maximum atomic E-state index is 14.1. The normalized spacial score (nSPS) is 14.3. The Morgan fingerprint density at radius 3 is 2.70 bits per heavy atom. The maximum absolute atomic E-state index is 14.1. The van der Waals surface area contributed by atoms with Gasteiger partial charge >= 0.3 is 0 Å². The van der Waals surface area contributed by atoms with Crippen LogP contribution >= 0.6 is 34.7 Å². The summed E-state index contributed by atoms with van der Waals surface area (Å²) in [6.07, 6.45) is 3.41. The number of rotatable bonds is 6. The van der Waals surface area contributed by atoms with Crippen molar-refractivity contribution < 1.29 is 14.0 Å². The SMILES string of the molecule is CSc1ccccc1CNC(=O)c1csc(C2CCN(C(=O)c3c(F)cccc3Cl)CC2)n1. The number of carbonyl (C=O) groups is 2. The fraction of sp³-hybridized carbons (Fsp3) is 0.292. The maximum Gasteiger partial charge on any atom is 0.271 e. The van der Waals surface area contributed by atoms with Crippen molar-refractivity contribution in [3.63, 3.8) is 0 Å². The summed E-state index contributed by atoms with van der Waals surface area (Å²) in [5.41, 5.74) is 1.41. The molecule has 2 amide bonds. The highest BCUT2D eigenvalue weighted by Crippen LogP contribution is 2.32. The second-order valence-electron chi connectivity index (χ2n) is 7.73. The molecule has 1 N–H and O–H groups in total. The van der Waals surface area contributed by atoms with Crippen LogP contribution in [-0.2, 0) is 6.54 Å². The molecule has 33 heavy (non-hydrogen) atoms. The van der Waals surface area contributed by atoms with E-state index in [4.69, 9.17) is 11.6 Å². The Hall–Kier alpha value is -2.42. The van der Waals surface area contributed by atoms with Crippen LogP contribution in [-0.4, -0.2) is 41.0 Å². The summed E-state index contributed by atoms with van der Waals surface area (Å²) in [6, 6.07) is 12.2. The van der Waals surface area contributed by atoms with Crippen molar-refractivity contribution in [3.8, 4) is 0 Å². The molecule has 0 bridgehead atoms. The number of thioether (sulfide) groups is 1. The van der Waals surface area contributed by atoms with Crippen molar-refractivity contribution in [1.82, 2.24) is 15.2 Å². The minimum Gasteiger partial charge on any atom is -0.347 e. The second kappa shape index (κ2) is 10.7. The third-order valence-corrected chi connectivity index (χ3v) is 7.85. The molecule has 5 nitrogen and oxygen atoms in total. The molecule has 0 unspecified atom stereocenters. The van der Waals surface area contributed by atoms with E-state index < -0.39 is 5.82 Å². The zero-order chi connectivity index (χ0) is 23.4. The molecule has 2 heterocycles. The monoisotopic (exact) mass is 503 g/mol. The van der Waals surface area contributed by atoms with E-state index >= 15 is 0 Å². The fourth-order valence-electron chi connectivity index (χ4n) is 3.88. The molecule has 1 aliphatic rings. The number of carbonyl (C=O) groups excluding carboxylic acids is 2. The molecule has 1 aliphatic heterocycles. The molecule has 0 atom stereocenters. The van der Waals surface area contributed by atoms with Crippen molar-refractivity contribution in [3.05, 3.63) is 80.5 Å². The van der Waals surface area contributed by atoms with E-state index in [1.54, 1.807) is 22.0 Å². The Labute approximate surface area is 205 Å². The van der Waals surface area contributed by atoms with Crippen LogP contribution in [0.1, 0.15) is 50.2 Å². The molecule has 2 aromatic carbocycles. The van der Waals surface area contributed by atoms with Gasteiger partial charge in [0.05, 0.1) is 15.6 Å². The lowest BCUT2D eigenvalue weighted by Crippen LogP contribution is -2.38. The summed E-state index contributed by atoms with van der Waals surface area (Å²) < 4.78 is 14.1. The zero-order valence-electron chi connectivity index (χ0n) is 18.0. The molecular formula is C24H23ClFN3O2S2. The number of likely N-dealkylation sites (tertiary alicyclic amines) is 1. The van der Waals surface area contributed by atoms with E-state index in [-0.39, 0.29) is 28.3 Å². The van der Waals surface area contributed by atoms with Crippen molar-refractivity contribution in [1.29, 1.82) is 0 Å². The first-order valence-electron chi connectivity index (χ1n) is 10.6. The van der Waals surface area contributed by atoms with E-state index in [9.17, 15) is 14.0 Å². The van der Waals surface area contributed by atoms with Crippen LogP contribution in [0.5, 0.6) is 0 Å². The highest BCUT2D eigenvalue weighted by molar-refractivity contribution is 7.98. The highest BCUT2D eigenvalue weighted by atomic mass is 35.5. The van der Waals surface area contributed by atoms with Gasteiger partial charge < -0.3 is 10.2 Å². The number of piperidine rings is 1. The highest BCUT2D eigenvalue weighted by Gasteiger charge is 2.29. The van der Waals surface area contributed by atoms with Crippen molar-refractivity contribution >= 4 is 46.5 Å². The first-order chi connectivity index (χ1) is 16.0. The Morgan fingerprint density at radius 2 is 1.97 bits per heavy atom.